The van der Waals surface area contributed by atoms with Crippen molar-refractivity contribution in [2.24, 2.45) is 0 Å². The molecule has 0 saturated carbocycles. The van der Waals surface area contributed by atoms with Crippen LogP contribution >= 0.6 is 0 Å². The highest BCUT2D eigenvalue weighted by Crippen LogP contribution is 2.28. The Kier molecular flexibility index (Phi) is 3.63. The Hall–Kier alpha value is -2.19. The van der Waals surface area contributed by atoms with Crippen molar-refractivity contribution in [2.75, 3.05) is 0 Å². The SMILES string of the molecule is [C-]#[N+][C@H](c1ccccn1)S(=O)(=O)c1ccc(C)cc1. The van der Waals surface area contributed by atoms with Crippen molar-refractivity contribution in [1.82, 2.24) is 4.98 Å². The highest BCUT2D eigenvalue weighted by atomic mass is 32.2. The summed E-state index contributed by atoms with van der Waals surface area (Å²) < 4.78 is 24.8. The first-order valence-electron chi connectivity index (χ1n) is 5.64. The summed E-state index contributed by atoms with van der Waals surface area (Å²) in [6.45, 7) is 9.03. The molecule has 0 saturated heterocycles. The van der Waals surface area contributed by atoms with E-state index in [2.05, 4.69) is 9.83 Å². The molecule has 1 aromatic heterocycles. The lowest BCUT2D eigenvalue weighted by molar-refractivity contribution is 0.589. The third-order valence-electron chi connectivity index (χ3n) is 2.70. The van der Waals surface area contributed by atoms with Gasteiger partial charge in [-0.3, -0.25) is 9.83 Å². The molecule has 4 nitrogen and oxygen atoms in total. The number of sulfone groups is 1. The van der Waals surface area contributed by atoms with Gasteiger partial charge in [0.05, 0.1) is 4.90 Å². The third-order valence-corrected chi connectivity index (χ3v) is 4.57. The van der Waals surface area contributed by atoms with E-state index in [0.29, 0.717) is 0 Å². The fraction of sp³-hybridized carbons (Fsp3) is 0.143. The normalized spacial score (nSPS) is 12.6. The van der Waals surface area contributed by atoms with E-state index < -0.39 is 15.2 Å². The zero-order valence-electron chi connectivity index (χ0n) is 10.3. The minimum Gasteiger partial charge on any atom is -0.289 e. The molecule has 5 heteroatoms. The lowest BCUT2D eigenvalue weighted by Crippen LogP contribution is -2.11. The van der Waals surface area contributed by atoms with Gasteiger partial charge < -0.3 is 0 Å². The molecule has 0 aliphatic heterocycles. The van der Waals surface area contributed by atoms with E-state index in [9.17, 15) is 8.42 Å². The van der Waals surface area contributed by atoms with Crippen LogP contribution in [0.3, 0.4) is 0 Å². The molecule has 2 rings (SSSR count). The van der Waals surface area contributed by atoms with Gasteiger partial charge in [0.15, 0.2) is 0 Å². The first kappa shape index (κ1) is 13.2. The summed E-state index contributed by atoms with van der Waals surface area (Å²) in [6.07, 6.45) is 1.48. The molecular formula is C14H12N2O2S. The molecule has 0 unspecified atom stereocenters. The Bertz CT molecular complexity index is 701. The molecule has 0 fully saturated rings. The molecular weight excluding hydrogens is 260 g/mol. The van der Waals surface area contributed by atoms with Gasteiger partial charge in [0, 0.05) is 6.20 Å². The van der Waals surface area contributed by atoms with Crippen LogP contribution in [0.2, 0.25) is 0 Å². The number of aryl methyl sites for hydroxylation is 1. The largest absolute Gasteiger partial charge is 0.366 e. The van der Waals surface area contributed by atoms with Crippen molar-refractivity contribution in [3.63, 3.8) is 0 Å². The second kappa shape index (κ2) is 5.21. The number of rotatable bonds is 3. The van der Waals surface area contributed by atoms with Crippen LogP contribution in [-0.2, 0) is 9.84 Å². The van der Waals surface area contributed by atoms with E-state index in [4.69, 9.17) is 6.57 Å². The van der Waals surface area contributed by atoms with Crippen molar-refractivity contribution >= 4 is 9.84 Å². The van der Waals surface area contributed by atoms with Crippen molar-refractivity contribution in [1.29, 1.82) is 0 Å². The Morgan fingerprint density at radius 2 is 1.84 bits per heavy atom. The Labute approximate surface area is 112 Å². The average Bonchev–Trinajstić information content (AvgIpc) is 2.41. The molecule has 0 aliphatic rings. The molecule has 0 aliphatic carbocycles. The molecule has 1 aromatic carbocycles. The van der Waals surface area contributed by atoms with E-state index in [1.54, 1.807) is 30.3 Å². The molecule has 0 amide bonds. The topological polar surface area (TPSA) is 51.4 Å². The lowest BCUT2D eigenvalue weighted by atomic mass is 10.2. The van der Waals surface area contributed by atoms with Crippen LogP contribution in [-0.4, -0.2) is 13.4 Å². The molecule has 0 spiro atoms. The van der Waals surface area contributed by atoms with Crippen molar-refractivity contribution in [2.45, 2.75) is 17.2 Å². The summed E-state index contributed by atoms with van der Waals surface area (Å²) in [5, 5.41) is -1.29. The zero-order chi connectivity index (χ0) is 13.9. The summed E-state index contributed by atoms with van der Waals surface area (Å²) >= 11 is 0. The number of pyridine rings is 1. The van der Waals surface area contributed by atoms with Gasteiger partial charge in [-0.05, 0) is 31.2 Å². The van der Waals surface area contributed by atoms with Crippen molar-refractivity contribution in [3.05, 3.63) is 71.3 Å². The van der Waals surface area contributed by atoms with Gasteiger partial charge in [-0.1, -0.05) is 23.8 Å². The molecule has 0 N–H and O–H groups in total. The van der Waals surface area contributed by atoms with Crippen LogP contribution in [0.25, 0.3) is 4.85 Å². The number of hydrogen-bond acceptors (Lipinski definition) is 3. The minimum absolute atomic E-state index is 0.143. The zero-order valence-corrected chi connectivity index (χ0v) is 11.1. The smallest absolute Gasteiger partial charge is 0.289 e. The minimum atomic E-state index is -3.74. The van der Waals surface area contributed by atoms with Gasteiger partial charge >= 0.3 is 5.37 Å². The van der Waals surface area contributed by atoms with Crippen LogP contribution < -0.4 is 0 Å². The van der Waals surface area contributed by atoms with Gasteiger partial charge in [0.2, 0.25) is 0 Å². The number of hydrogen-bond donors (Lipinski definition) is 0. The first-order valence-corrected chi connectivity index (χ1v) is 7.18. The standard InChI is InChI=1S/C14H12N2O2S/c1-11-6-8-12(9-7-11)19(17,18)14(15-2)13-5-3-4-10-16-13/h3-10,14H,1H3/t14-/m0/s1. The van der Waals surface area contributed by atoms with Crippen molar-refractivity contribution < 1.29 is 8.42 Å². The quantitative estimate of drug-likeness (QED) is 0.807. The number of benzene rings is 1. The maximum absolute atomic E-state index is 12.4. The second-order valence-corrected chi connectivity index (χ2v) is 6.10. The Morgan fingerprint density at radius 1 is 1.16 bits per heavy atom. The molecule has 19 heavy (non-hydrogen) atoms. The van der Waals surface area contributed by atoms with E-state index >= 15 is 0 Å². The maximum Gasteiger partial charge on any atom is 0.366 e. The van der Waals surface area contributed by atoms with Crippen LogP contribution in [0.15, 0.2) is 53.6 Å². The Balaban J connectivity index is 2.49. The maximum atomic E-state index is 12.4. The van der Waals surface area contributed by atoms with Crippen LogP contribution in [0.5, 0.6) is 0 Å². The fourth-order valence-corrected chi connectivity index (χ4v) is 3.04. The van der Waals surface area contributed by atoms with Gasteiger partial charge in [-0.25, -0.2) is 15.0 Å². The molecule has 0 radical (unpaired) electrons. The summed E-state index contributed by atoms with van der Waals surface area (Å²) in [6, 6.07) is 11.4. The van der Waals surface area contributed by atoms with Gasteiger partial charge in [0.1, 0.15) is 5.69 Å². The fourth-order valence-electron chi connectivity index (χ4n) is 1.67. The summed E-state index contributed by atoms with van der Waals surface area (Å²) in [5.41, 5.74) is 1.22. The van der Waals surface area contributed by atoms with E-state index in [1.165, 1.54) is 18.3 Å². The molecule has 1 atom stereocenters. The molecule has 2 aromatic rings. The average molecular weight is 272 g/mol. The van der Waals surface area contributed by atoms with Crippen LogP contribution in [0.4, 0.5) is 0 Å². The highest BCUT2D eigenvalue weighted by molar-refractivity contribution is 7.91. The molecule has 0 bridgehead atoms. The molecule has 1 heterocycles. The van der Waals surface area contributed by atoms with Crippen molar-refractivity contribution in [3.8, 4) is 0 Å². The lowest BCUT2D eigenvalue weighted by Gasteiger charge is -2.07. The monoisotopic (exact) mass is 272 g/mol. The summed E-state index contributed by atoms with van der Waals surface area (Å²) in [5.74, 6) is 0. The van der Waals surface area contributed by atoms with Gasteiger partial charge in [-0.2, -0.15) is 0 Å². The highest BCUT2D eigenvalue weighted by Gasteiger charge is 2.35. The van der Waals surface area contributed by atoms with E-state index in [-0.39, 0.29) is 10.6 Å². The van der Waals surface area contributed by atoms with Crippen LogP contribution in [0, 0.1) is 13.5 Å². The van der Waals surface area contributed by atoms with Gasteiger partial charge in [-0.15, -0.1) is 0 Å². The predicted octanol–water partition coefficient (Wildman–Crippen LogP) is 2.78. The van der Waals surface area contributed by atoms with E-state index in [0.717, 1.165) is 5.56 Å². The number of aromatic nitrogens is 1. The Morgan fingerprint density at radius 3 is 2.37 bits per heavy atom. The predicted molar refractivity (Wildman–Crippen MR) is 71.9 cm³/mol. The summed E-state index contributed by atoms with van der Waals surface area (Å²) in [7, 11) is -3.74. The third kappa shape index (κ3) is 2.64. The van der Waals surface area contributed by atoms with Gasteiger partial charge in [0.25, 0.3) is 9.84 Å². The van der Waals surface area contributed by atoms with E-state index in [1.807, 2.05) is 6.92 Å². The first-order chi connectivity index (χ1) is 9.05. The van der Waals surface area contributed by atoms with Crippen LogP contribution in [0.1, 0.15) is 16.6 Å². The summed E-state index contributed by atoms with van der Waals surface area (Å²) in [4.78, 5) is 7.34. The number of nitrogens with zero attached hydrogens (tertiary/aromatic N) is 2. The second-order valence-electron chi connectivity index (χ2n) is 4.09. The molecule has 96 valence electrons.